The number of para-hydroxylation sites is 1. The first-order valence-electron chi connectivity index (χ1n) is 7.66. The van der Waals surface area contributed by atoms with Crippen LogP contribution in [0.5, 0.6) is 5.75 Å². The lowest BCUT2D eigenvalue weighted by Crippen LogP contribution is -2.27. The van der Waals surface area contributed by atoms with Crippen LogP contribution in [0.3, 0.4) is 0 Å². The summed E-state index contributed by atoms with van der Waals surface area (Å²) in [6.45, 7) is 5.24. The maximum atomic E-state index is 5.38. The average molecular weight is 283 g/mol. The second-order valence-electron chi connectivity index (χ2n) is 5.47. The van der Waals surface area contributed by atoms with Crippen molar-refractivity contribution in [3.05, 3.63) is 65.2 Å². The summed E-state index contributed by atoms with van der Waals surface area (Å²) < 4.78 is 5.38. The van der Waals surface area contributed by atoms with Crippen molar-refractivity contribution < 1.29 is 4.74 Å². The van der Waals surface area contributed by atoms with Crippen molar-refractivity contribution >= 4 is 0 Å². The van der Waals surface area contributed by atoms with E-state index < -0.39 is 0 Å². The number of nitrogens with one attached hydrogen (secondary N) is 1. The van der Waals surface area contributed by atoms with Crippen molar-refractivity contribution in [3.63, 3.8) is 0 Å². The van der Waals surface area contributed by atoms with E-state index in [1.165, 1.54) is 16.7 Å². The Hall–Kier alpha value is -1.80. The molecule has 0 bridgehead atoms. The van der Waals surface area contributed by atoms with E-state index in [0.29, 0.717) is 6.04 Å². The summed E-state index contributed by atoms with van der Waals surface area (Å²) in [5.74, 6) is 0.949. The molecule has 2 aromatic rings. The third kappa shape index (κ3) is 4.61. The van der Waals surface area contributed by atoms with Gasteiger partial charge in [0.15, 0.2) is 0 Å². The van der Waals surface area contributed by atoms with Gasteiger partial charge in [-0.1, -0.05) is 49.4 Å². The van der Waals surface area contributed by atoms with Gasteiger partial charge in [0.05, 0.1) is 7.11 Å². The number of ether oxygens (including phenoxy) is 1. The van der Waals surface area contributed by atoms with Gasteiger partial charge in [-0.05, 0) is 37.0 Å². The molecule has 0 aliphatic carbocycles. The molecule has 21 heavy (non-hydrogen) atoms. The Labute approximate surface area is 128 Å². The summed E-state index contributed by atoms with van der Waals surface area (Å²) in [7, 11) is 1.72. The maximum absolute atomic E-state index is 5.38. The highest BCUT2D eigenvalue weighted by molar-refractivity contribution is 5.33. The number of benzene rings is 2. The van der Waals surface area contributed by atoms with Crippen LogP contribution in [0.4, 0.5) is 0 Å². The van der Waals surface area contributed by atoms with Crippen LogP contribution in [0.2, 0.25) is 0 Å². The summed E-state index contributed by atoms with van der Waals surface area (Å²) in [5, 5.41) is 3.57. The smallest absolute Gasteiger partial charge is 0.123 e. The topological polar surface area (TPSA) is 21.3 Å². The van der Waals surface area contributed by atoms with Crippen molar-refractivity contribution in [1.82, 2.24) is 5.32 Å². The highest BCUT2D eigenvalue weighted by atomic mass is 16.5. The summed E-state index contributed by atoms with van der Waals surface area (Å²) in [4.78, 5) is 0. The van der Waals surface area contributed by atoms with E-state index in [9.17, 15) is 0 Å². The largest absolute Gasteiger partial charge is 0.496 e. The van der Waals surface area contributed by atoms with E-state index in [4.69, 9.17) is 4.74 Å². The maximum Gasteiger partial charge on any atom is 0.123 e. The van der Waals surface area contributed by atoms with Gasteiger partial charge in [0, 0.05) is 18.2 Å². The molecule has 0 heterocycles. The molecule has 2 rings (SSSR count). The molecule has 2 nitrogen and oxygen atoms in total. The van der Waals surface area contributed by atoms with E-state index in [1.807, 2.05) is 18.2 Å². The fourth-order valence-corrected chi connectivity index (χ4v) is 2.47. The molecule has 2 aromatic carbocycles. The average Bonchev–Trinajstić information content (AvgIpc) is 2.54. The van der Waals surface area contributed by atoms with Gasteiger partial charge in [-0.25, -0.2) is 0 Å². The second-order valence-corrected chi connectivity index (χ2v) is 5.47. The minimum absolute atomic E-state index is 0.433. The lowest BCUT2D eigenvalue weighted by atomic mass is 10.0. The van der Waals surface area contributed by atoms with Gasteiger partial charge in [-0.3, -0.25) is 0 Å². The van der Waals surface area contributed by atoms with E-state index in [0.717, 1.165) is 25.1 Å². The number of rotatable bonds is 7. The molecule has 0 radical (unpaired) electrons. The standard InChI is InChI=1S/C19H25NO/c1-4-16-9-11-17(12-10-16)13-15(2)20-14-18-7-5-6-8-19(18)21-3/h5-12,15,20H,4,13-14H2,1-3H3. The van der Waals surface area contributed by atoms with Gasteiger partial charge in [0.25, 0.3) is 0 Å². The van der Waals surface area contributed by atoms with Gasteiger partial charge in [-0.15, -0.1) is 0 Å². The molecular weight excluding hydrogens is 258 g/mol. The number of methoxy groups -OCH3 is 1. The molecule has 1 N–H and O–H groups in total. The minimum atomic E-state index is 0.433. The van der Waals surface area contributed by atoms with Crippen molar-refractivity contribution in [2.75, 3.05) is 7.11 Å². The van der Waals surface area contributed by atoms with Crippen LogP contribution < -0.4 is 10.1 Å². The summed E-state index contributed by atoms with van der Waals surface area (Å²) in [6, 6.07) is 17.5. The molecular formula is C19H25NO. The number of hydrogen-bond donors (Lipinski definition) is 1. The normalized spacial score (nSPS) is 12.1. The highest BCUT2D eigenvalue weighted by Crippen LogP contribution is 2.17. The predicted octanol–water partition coefficient (Wildman–Crippen LogP) is 3.98. The Bertz CT molecular complexity index is 548. The number of aryl methyl sites for hydroxylation is 1. The SMILES string of the molecule is CCc1ccc(CC(C)NCc2ccccc2OC)cc1. The molecule has 0 aliphatic rings. The first kappa shape index (κ1) is 15.6. The minimum Gasteiger partial charge on any atom is -0.496 e. The van der Waals surface area contributed by atoms with Crippen LogP contribution in [0, 0.1) is 0 Å². The molecule has 0 amide bonds. The fourth-order valence-electron chi connectivity index (χ4n) is 2.47. The molecule has 1 atom stereocenters. The first-order chi connectivity index (χ1) is 10.2. The lowest BCUT2D eigenvalue weighted by Gasteiger charge is -2.15. The van der Waals surface area contributed by atoms with Crippen LogP contribution in [0.1, 0.15) is 30.5 Å². The molecule has 1 unspecified atom stereocenters. The second kappa shape index (κ2) is 7.84. The van der Waals surface area contributed by atoms with E-state index in [-0.39, 0.29) is 0 Å². The van der Waals surface area contributed by atoms with Crippen molar-refractivity contribution in [2.45, 2.75) is 39.3 Å². The zero-order chi connectivity index (χ0) is 15.1. The van der Waals surface area contributed by atoms with Gasteiger partial charge in [0.2, 0.25) is 0 Å². The zero-order valence-corrected chi connectivity index (χ0v) is 13.2. The van der Waals surface area contributed by atoms with Crippen LogP contribution in [0.15, 0.2) is 48.5 Å². The third-order valence-electron chi connectivity index (χ3n) is 3.81. The Morgan fingerprint density at radius 1 is 1.00 bits per heavy atom. The molecule has 0 saturated heterocycles. The molecule has 2 heteroatoms. The summed E-state index contributed by atoms with van der Waals surface area (Å²) in [6.07, 6.45) is 2.14. The van der Waals surface area contributed by atoms with Gasteiger partial charge < -0.3 is 10.1 Å². The van der Waals surface area contributed by atoms with Gasteiger partial charge in [0.1, 0.15) is 5.75 Å². The van der Waals surface area contributed by atoms with Gasteiger partial charge >= 0.3 is 0 Å². The number of hydrogen-bond acceptors (Lipinski definition) is 2. The van der Waals surface area contributed by atoms with Crippen molar-refractivity contribution in [1.29, 1.82) is 0 Å². The van der Waals surface area contributed by atoms with E-state index in [1.54, 1.807) is 7.11 Å². The Kier molecular flexibility index (Phi) is 5.82. The van der Waals surface area contributed by atoms with Crippen molar-refractivity contribution in [2.24, 2.45) is 0 Å². The zero-order valence-electron chi connectivity index (χ0n) is 13.2. The third-order valence-corrected chi connectivity index (χ3v) is 3.81. The summed E-state index contributed by atoms with van der Waals surface area (Å²) >= 11 is 0. The van der Waals surface area contributed by atoms with Crippen LogP contribution in [-0.2, 0) is 19.4 Å². The Morgan fingerprint density at radius 2 is 1.67 bits per heavy atom. The van der Waals surface area contributed by atoms with Crippen LogP contribution >= 0.6 is 0 Å². The van der Waals surface area contributed by atoms with E-state index >= 15 is 0 Å². The molecule has 0 aliphatic heterocycles. The predicted molar refractivity (Wildman–Crippen MR) is 88.8 cm³/mol. The molecule has 0 fully saturated rings. The fraction of sp³-hybridized carbons (Fsp3) is 0.368. The van der Waals surface area contributed by atoms with Gasteiger partial charge in [-0.2, -0.15) is 0 Å². The van der Waals surface area contributed by atoms with E-state index in [2.05, 4.69) is 49.5 Å². The summed E-state index contributed by atoms with van der Waals surface area (Å²) in [5.41, 5.74) is 3.98. The monoisotopic (exact) mass is 283 g/mol. The lowest BCUT2D eigenvalue weighted by molar-refractivity contribution is 0.405. The van der Waals surface area contributed by atoms with Crippen LogP contribution in [-0.4, -0.2) is 13.2 Å². The molecule has 112 valence electrons. The Balaban J connectivity index is 1.87. The van der Waals surface area contributed by atoms with Crippen molar-refractivity contribution in [3.8, 4) is 5.75 Å². The molecule has 0 saturated carbocycles. The van der Waals surface area contributed by atoms with Crippen LogP contribution in [0.25, 0.3) is 0 Å². The molecule has 0 spiro atoms. The quantitative estimate of drug-likeness (QED) is 0.830. The first-order valence-corrected chi connectivity index (χ1v) is 7.66. The Morgan fingerprint density at radius 3 is 2.33 bits per heavy atom. The molecule has 0 aromatic heterocycles. The highest BCUT2D eigenvalue weighted by Gasteiger charge is 2.06.